The van der Waals surface area contributed by atoms with Crippen LogP contribution in [0, 0.1) is 11.3 Å². The van der Waals surface area contributed by atoms with E-state index in [2.05, 4.69) is 22.4 Å². The molecule has 0 bridgehead atoms. The van der Waals surface area contributed by atoms with E-state index in [9.17, 15) is 14.9 Å². The number of anilines is 1. The zero-order chi connectivity index (χ0) is 20.4. The van der Waals surface area contributed by atoms with Crippen molar-refractivity contribution in [3.05, 3.63) is 70.0 Å². The molecule has 144 valence electrons. The largest absolute Gasteiger partial charge is 0.452 e. The number of nitrogens with zero attached hydrogens (tertiary/aromatic N) is 2. The summed E-state index contributed by atoms with van der Waals surface area (Å²) in [7, 11) is 0. The molecule has 0 fully saturated rings. The Morgan fingerprint density at radius 3 is 2.86 bits per heavy atom. The summed E-state index contributed by atoms with van der Waals surface area (Å²) in [6.07, 6.45) is 3.05. The molecule has 0 unspecified atom stereocenters. The van der Waals surface area contributed by atoms with Crippen LogP contribution < -0.4 is 5.32 Å². The second-order valence-corrected chi connectivity index (χ2v) is 7.73. The third-order valence-electron chi connectivity index (χ3n) is 4.59. The predicted molar refractivity (Wildman–Crippen MR) is 110 cm³/mol. The zero-order valence-corrected chi connectivity index (χ0v) is 16.6. The first-order valence-corrected chi connectivity index (χ1v) is 9.99. The quantitative estimate of drug-likeness (QED) is 0.500. The highest BCUT2D eigenvalue weighted by Gasteiger charge is 2.25. The normalized spacial score (nSPS) is 11.7. The number of ether oxygens (including phenoxy) is 1. The van der Waals surface area contributed by atoms with Gasteiger partial charge in [-0.05, 0) is 41.7 Å². The van der Waals surface area contributed by atoms with Crippen molar-refractivity contribution in [1.82, 2.24) is 4.98 Å². The lowest BCUT2D eigenvalue weighted by Crippen LogP contribution is -2.21. The van der Waals surface area contributed by atoms with E-state index in [1.54, 1.807) is 6.07 Å². The number of aromatic nitrogens is 1. The van der Waals surface area contributed by atoms with E-state index in [1.807, 2.05) is 18.2 Å². The number of hydrogen-bond acceptors (Lipinski definition) is 6. The number of amides is 1. The van der Waals surface area contributed by atoms with Crippen LogP contribution in [0.3, 0.4) is 0 Å². The number of carbonyl (C=O) groups is 2. The first-order chi connectivity index (χ1) is 14.1. The van der Waals surface area contributed by atoms with Gasteiger partial charge in [-0.15, -0.1) is 11.3 Å². The minimum atomic E-state index is -0.738. The lowest BCUT2D eigenvalue weighted by molar-refractivity contribution is -0.119. The number of nitriles is 1. The Bertz CT molecular complexity index is 1170. The smallest absolute Gasteiger partial charge is 0.341 e. The van der Waals surface area contributed by atoms with Crippen LogP contribution in [0.2, 0.25) is 5.15 Å². The summed E-state index contributed by atoms with van der Waals surface area (Å²) in [5, 5.41) is 12.8. The number of nitrogens with one attached hydrogen (secondary N) is 1. The molecule has 29 heavy (non-hydrogen) atoms. The maximum Gasteiger partial charge on any atom is 0.341 e. The highest BCUT2D eigenvalue weighted by atomic mass is 35.5. The summed E-state index contributed by atoms with van der Waals surface area (Å²) in [4.78, 5) is 29.2. The molecular weight excluding hydrogens is 410 g/mol. The number of esters is 1. The molecule has 0 saturated carbocycles. The summed E-state index contributed by atoms with van der Waals surface area (Å²) < 4.78 is 5.02. The molecule has 2 heterocycles. The van der Waals surface area contributed by atoms with E-state index in [0.717, 1.165) is 28.8 Å². The summed E-state index contributed by atoms with van der Waals surface area (Å²) in [6, 6.07) is 13.3. The molecule has 2 aromatic heterocycles. The average molecular weight is 424 g/mol. The van der Waals surface area contributed by atoms with E-state index in [-0.39, 0.29) is 10.7 Å². The van der Waals surface area contributed by atoms with Crippen molar-refractivity contribution in [3.63, 3.8) is 0 Å². The number of carbonyl (C=O) groups excluding carboxylic acids is 2. The number of halogens is 1. The molecule has 6 nitrogen and oxygen atoms in total. The summed E-state index contributed by atoms with van der Waals surface area (Å²) >= 11 is 7.22. The maximum absolute atomic E-state index is 12.3. The van der Waals surface area contributed by atoms with Gasteiger partial charge in [0.2, 0.25) is 0 Å². The zero-order valence-electron chi connectivity index (χ0n) is 15.1. The van der Waals surface area contributed by atoms with Crippen molar-refractivity contribution < 1.29 is 14.3 Å². The summed E-state index contributed by atoms with van der Waals surface area (Å²) in [5.41, 5.74) is 3.82. The third-order valence-corrected chi connectivity index (χ3v) is 6.07. The summed E-state index contributed by atoms with van der Waals surface area (Å²) in [5.74, 6) is -1.26. The minimum absolute atomic E-state index is 0.00859. The molecule has 1 N–H and O–H groups in total. The van der Waals surface area contributed by atoms with Crippen LogP contribution in [0.1, 0.15) is 27.0 Å². The van der Waals surface area contributed by atoms with Crippen LogP contribution in [0.5, 0.6) is 0 Å². The van der Waals surface area contributed by atoms with Crippen molar-refractivity contribution in [2.45, 2.75) is 12.8 Å². The third kappa shape index (κ3) is 3.73. The molecule has 0 saturated heterocycles. The topological polar surface area (TPSA) is 92.1 Å². The number of hydrogen-bond donors (Lipinski definition) is 1. The molecule has 1 aromatic carbocycles. The van der Waals surface area contributed by atoms with E-state index in [4.69, 9.17) is 16.3 Å². The average Bonchev–Trinajstić information content (AvgIpc) is 3.09. The Morgan fingerprint density at radius 2 is 2.07 bits per heavy atom. The molecule has 1 amide bonds. The Morgan fingerprint density at radius 1 is 1.24 bits per heavy atom. The van der Waals surface area contributed by atoms with E-state index in [0.29, 0.717) is 10.6 Å². The lowest BCUT2D eigenvalue weighted by Gasteiger charge is -2.15. The molecule has 0 radical (unpaired) electrons. The summed E-state index contributed by atoms with van der Waals surface area (Å²) in [6.45, 7) is -0.492. The molecule has 0 aliphatic heterocycles. The van der Waals surface area contributed by atoms with Crippen LogP contribution in [0.4, 0.5) is 5.00 Å². The predicted octanol–water partition coefficient (Wildman–Crippen LogP) is 4.23. The Kier molecular flexibility index (Phi) is 5.30. The van der Waals surface area contributed by atoms with Crippen LogP contribution in [0.25, 0.3) is 10.4 Å². The second kappa shape index (κ2) is 8.03. The van der Waals surface area contributed by atoms with Gasteiger partial charge in [-0.1, -0.05) is 35.9 Å². The van der Waals surface area contributed by atoms with Crippen molar-refractivity contribution >= 4 is 39.8 Å². The number of pyridine rings is 1. The number of benzene rings is 1. The highest BCUT2D eigenvalue weighted by molar-refractivity contribution is 7.20. The van der Waals surface area contributed by atoms with Gasteiger partial charge in [-0.25, -0.2) is 9.78 Å². The maximum atomic E-state index is 12.3. The molecule has 0 atom stereocenters. The Labute approximate surface area is 175 Å². The fraction of sp³-hybridized carbons (Fsp3) is 0.143. The molecule has 1 aliphatic carbocycles. The van der Waals surface area contributed by atoms with Gasteiger partial charge in [0.1, 0.15) is 16.2 Å². The van der Waals surface area contributed by atoms with Crippen molar-refractivity contribution in [2.24, 2.45) is 0 Å². The van der Waals surface area contributed by atoms with E-state index < -0.39 is 18.5 Å². The van der Waals surface area contributed by atoms with Gasteiger partial charge in [0.15, 0.2) is 6.61 Å². The lowest BCUT2D eigenvalue weighted by atomic mass is 9.90. The molecule has 8 heteroatoms. The molecule has 3 aromatic rings. The van der Waals surface area contributed by atoms with Gasteiger partial charge in [-0.2, -0.15) is 5.26 Å². The molecular formula is C21H14ClN3O3S. The van der Waals surface area contributed by atoms with E-state index in [1.165, 1.54) is 29.2 Å². The first kappa shape index (κ1) is 19.1. The number of aryl methyl sites for hydroxylation is 1. The number of thiophene rings is 1. The first-order valence-electron chi connectivity index (χ1n) is 8.80. The number of fused-ring (bicyclic) bond motifs is 3. The van der Waals surface area contributed by atoms with Crippen molar-refractivity contribution in [3.8, 4) is 16.5 Å². The molecule has 1 aliphatic rings. The fourth-order valence-electron chi connectivity index (χ4n) is 3.26. The van der Waals surface area contributed by atoms with Gasteiger partial charge in [-0.3, -0.25) is 4.79 Å². The van der Waals surface area contributed by atoms with Gasteiger partial charge < -0.3 is 10.1 Å². The highest BCUT2D eigenvalue weighted by Crippen LogP contribution is 2.44. The van der Waals surface area contributed by atoms with Crippen LogP contribution in [-0.2, 0) is 22.4 Å². The van der Waals surface area contributed by atoms with Gasteiger partial charge in [0, 0.05) is 11.1 Å². The Balaban J connectivity index is 1.50. The van der Waals surface area contributed by atoms with E-state index >= 15 is 0 Å². The molecule has 0 spiro atoms. The van der Waals surface area contributed by atoms with Crippen LogP contribution >= 0.6 is 22.9 Å². The van der Waals surface area contributed by atoms with Gasteiger partial charge in [0.25, 0.3) is 5.91 Å². The Hall–Kier alpha value is -3.21. The number of rotatable bonds is 4. The molecule has 4 rings (SSSR count). The van der Waals surface area contributed by atoms with Crippen LogP contribution in [0.15, 0.2) is 42.6 Å². The standard InChI is InChI=1S/C21H14ClN3O3S/c22-19-15(6-3-9-24-19)21(27)28-11-17(26)25-20-16(10-23)14-8-7-12-4-1-2-5-13(12)18(14)29-20/h1-6,9H,7-8,11H2,(H,25,26). The second-order valence-electron chi connectivity index (χ2n) is 6.35. The van der Waals surface area contributed by atoms with Gasteiger partial charge >= 0.3 is 5.97 Å². The SMILES string of the molecule is N#Cc1c(NC(=O)COC(=O)c2cccnc2Cl)sc2c1CCc1ccccc1-2. The van der Waals surface area contributed by atoms with Crippen molar-refractivity contribution in [2.75, 3.05) is 11.9 Å². The van der Waals surface area contributed by atoms with Crippen molar-refractivity contribution in [1.29, 1.82) is 5.26 Å². The fourth-order valence-corrected chi connectivity index (χ4v) is 4.73. The monoisotopic (exact) mass is 423 g/mol. The van der Waals surface area contributed by atoms with Gasteiger partial charge in [0.05, 0.1) is 11.1 Å². The van der Waals surface area contributed by atoms with Crippen LogP contribution in [-0.4, -0.2) is 23.5 Å². The minimum Gasteiger partial charge on any atom is -0.452 e.